The number of aliphatic hydroxyl groups is 2. The lowest BCUT2D eigenvalue weighted by molar-refractivity contribution is -0.0501. The minimum Gasteiger partial charge on any atom is -0.387 e. The third kappa shape index (κ3) is 7.53. The van der Waals surface area contributed by atoms with Crippen molar-refractivity contribution in [2.45, 2.75) is 24.5 Å². The van der Waals surface area contributed by atoms with Crippen LogP contribution >= 0.6 is 35.5 Å². The Morgan fingerprint density at radius 3 is 2.35 bits per heavy atom. The summed E-state index contributed by atoms with van der Waals surface area (Å²) in [5, 5.41) is 20.3. The second kappa shape index (κ2) is 10.3. The third-order valence-corrected chi connectivity index (χ3v) is 5.64. The van der Waals surface area contributed by atoms with Gasteiger partial charge in [-0.2, -0.15) is 0 Å². The summed E-state index contributed by atoms with van der Waals surface area (Å²) < 4.78 is 45.8. The molecule has 2 aromatic heterocycles. The molecule has 0 amide bonds. The predicted octanol–water partition coefficient (Wildman–Crippen LogP) is -1.05. The second-order valence-corrected chi connectivity index (χ2v) is 9.34. The Morgan fingerprint density at radius 2 is 1.77 bits per heavy atom. The number of hydrogen-bond donors (Lipinski definition) is 7. The van der Waals surface area contributed by atoms with Gasteiger partial charge in [-0.3, -0.25) is 14.0 Å². The van der Waals surface area contributed by atoms with Crippen LogP contribution in [0.2, 0.25) is 5.15 Å². The largest absolute Gasteiger partial charge is 0.705 e. The molecule has 2 unspecified atom stereocenters. The first-order valence-corrected chi connectivity index (χ1v) is 12.2. The first kappa shape index (κ1) is 26.3. The molecule has 0 aliphatic carbocycles. The van der Waals surface area contributed by atoms with Crippen LogP contribution in [0.4, 0.5) is 0 Å². The zero-order valence-corrected chi connectivity index (χ0v) is 18.2. The summed E-state index contributed by atoms with van der Waals surface area (Å²) in [7, 11) is -12.8. The normalized spacial score (nSPS) is 26.3. The summed E-state index contributed by atoms with van der Waals surface area (Å²) in [5.74, 6) is 0. The van der Waals surface area contributed by atoms with Crippen molar-refractivity contribution in [2.24, 2.45) is 0 Å². The number of imidazole rings is 1. The summed E-state index contributed by atoms with van der Waals surface area (Å²) in [6.07, 6.45) is -2.91. The van der Waals surface area contributed by atoms with E-state index in [2.05, 4.69) is 23.8 Å². The number of hydrogen-bond acceptors (Lipinski definition) is 11. The van der Waals surface area contributed by atoms with E-state index in [0.717, 1.165) is 0 Å². The highest BCUT2D eigenvalue weighted by molar-refractivity contribution is 7.55. The molecule has 3 heterocycles. The fourth-order valence-corrected chi connectivity index (χ4v) is 3.79. The standard InChI is InChI=1S/C10H11ClN4O9P2.H3O4P/c11-8-5-9(13-2-12-8)15(3-14-5)10-7(17)6(16)4(23-10)1-22-26(20,21)24-25(18)19;1-5(2,3)4/h2-4,6-7,10,16-17H,1H2,(H-,18,19,20,21);(H3,1,2,3,4)/p+1/t4-,6-,7-,10-;/m1./s1. The maximum absolute atomic E-state index is 11.4. The van der Waals surface area contributed by atoms with Crippen molar-refractivity contribution in [1.29, 1.82) is 0 Å². The smallest absolute Gasteiger partial charge is 0.387 e. The molecule has 0 radical (unpaired) electrons. The fourth-order valence-electron chi connectivity index (χ4n) is 2.39. The Hall–Kier alpha value is -1.00. The maximum Gasteiger partial charge on any atom is 0.705 e. The molecular formula is C10H15ClN4O13P3+. The van der Waals surface area contributed by atoms with Crippen molar-refractivity contribution in [3.05, 3.63) is 17.8 Å². The number of aromatic nitrogens is 4. The van der Waals surface area contributed by atoms with Gasteiger partial charge in [-0.25, -0.2) is 24.1 Å². The van der Waals surface area contributed by atoms with Gasteiger partial charge in [0.2, 0.25) is 0 Å². The fraction of sp³-hybridized carbons (Fsp3) is 0.500. The topological polar surface area (TPSA) is 264 Å². The first-order chi connectivity index (χ1) is 14.2. The Labute approximate surface area is 177 Å². The maximum atomic E-state index is 11.4. The van der Waals surface area contributed by atoms with E-state index < -0.39 is 55.0 Å². The quantitative estimate of drug-likeness (QED) is 0.174. The molecule has 0 bridgehead atoms. The van der Waals surface area contributed by atoms with Crippen LogP contribution in [0, 0.1) is 0 Å². The SMILES string of the molecule is O=P(O)(O)O.O=[P+](O)OP(=O)(O)OC[C@H]1O[C@@H](n2cnc3c(Cl)ncnc32)[C@H](O)[C@@H]1O. The number of phosphoric acid groups is 2. The van der Waals surface area contributed by atoms with E-state index in [1.165, 1.54) is 17.2 Å². The van der Waals surface area contributed by atoms with Crippen molar-refractivity contribution < 1.29 is 61.9 Å². The Balaban J connectivity index is 0.000000614. The summed E-state index contributed by atoms with van der Waals surface area (Å²) in [6, 6.07) is 0. The van der Waals surface area contributed by atoms with E-state index in [1.54, 1.807) is 0 Å². The molecule has 0 saturated carbocycles. The molecule has 7 N–H and O–H groups in total. The molecule has 1 fully saturated rings. The highest BCUT2D eigenvalue weighted by atomic mass is 35.5. The number of aliphatic hydroxyl groups excluding tert-OH is 2. The van der Waals surface area contributed by atoms with Gasteiger partial charge in [0.05, 0.1) is 12.9 Å². The van der Waals surface area contributed by atoms with Gasteiger partial charge in [0.25, 0.3) is 0 Å². The molecule has 31 heavy (non-hydrogen) atoms. The van der Waals surface area contributed by atoms with Crippen LogP contribution in [0.1, 0.15) is 6.23 Å². The minimum absolute atomic E-state index is 0.0816. The summed E-state index contributed by atoms with van der Waals surface area (Å²) >= 11 is 5.90. The van der Waals surface area contributed by atoms with Gasteiger partial charge in [-0.05, 0) is 4.31 Å². The summed E-state index contributed by atoms with van der Waals surface area (Å²) in [6.45, 7) is -0.700. The second-order valence-electron chi connectivity index (χ2n) is 5.63. The van der Waals surface area contributed by atoms with Crippen LogP contribution in [-0.2, 0) is 27.3 Å². The van der Waals surface area contributed by atoms with Crippen molar-refractivity contribution in [3.63, 3.8) is 0 Å². The molecule has 0 spiro atoms. The van der Waals surface area contributed by atoms with Gasteiger partial charge in [0.1, 0.15) is 30.2 Å². The lowest BCUT2D eigenvalue weighted by atomic mass is 10.1. The highest BCUT2D eigenvalue weighted by Crippen LogP contribution is 2.51. The monoisotopic (exact) mass is 527 g/mol. The third-order valence-electron chi connectivity index (χ3n) is 3.50. The number of halogens is 1. The number of fused-ring (bicyclic) bond motifs is 1. The van der Waals surface area contributed by atoms with Crippen molar-refractivity contribution in [1.82, 2.24) is 19.5 Å². The van der Waals surface area contributed by atoms with Crippen molar-refractivity contribution in [2.75, 3.05) is 6.61 Å². The predicted molar refractivity (Wildman–Crippen MR) is 97.2 cm³/mol. The highest BCUT2D eigenvalue weighted by Gasteiger charge is 2.46. The van der Waals surface area contributed by atoms with E-state index in [0.29, 0.717) is 0 Å². The molecule has 3 rings (SSSR count). The van der Waals surface area contributed by atoms with Crippen LogP contribution in [0.5, 0.6) is 0 Å². The number of nitrogens with zero attached hydrogens (tertiary/aromatic N) is 4. The van der Waals surface area contributed by atoms with Gasteiger partial charge < -0.3 is 29.6 Å². The van der Waals surface area contributed by atoms with Crippen LogP contribution in [0.15, 0.2) is 12.7 Å². The molecule has 17 nitrogen and oxygen atoms in total. The average Bonchev–Trinajstić information content (AvgIpc) is 3.14. The molecule has 174 valence electrons. The van der Waals surface area contributed by atoms with Gasteiger partial charge >= 0.3 is 23.9 Å². The Kier molecular flexibility index (Phi) is 8.72. The van der Waals surface area contributed by atoms with Crippen molar-refractivity contribution >= 4 is 46.7 Å². The summed E-state index contributed by atoms with van der Waals surface area (Å²) in [4.78, 5) is 51.0. The lowest BCUT2D eigenvalue weighted by Gasteiger charge is -2.16. The van der Waals surface area contributed by atoms with E-state index in [9.17, 15) is 24.2 Å². The van der Waals surface area contributed by atoms with Gasteiger partial charge in [0, 0.05) is 4.57 Å². The van der Waals surface area contributed by atoms with E-state index in [-0.39, 0.29) is 16.3 Å². The van der Waals surface area contributed by atoms with Crippen LogP contribution in [0.25, 0.3) is 11.2 Å². The Morgan fingerprint density at radius 1 is 1.16 bits per heavy atom. The Bertz CT molecular complexity index is 1020. The van der Waals surface area contributed by atoms with E-state index >= 15 is 0 Å². The molecule has 1 aliphatic rings. The zero-order chi connectivity index (χ0) is 23.6. The lowest BCUT2D eigenvalue weighted by Crippen LogP contribution is -2.33. The number of ether oxygens (including phenoxy) is 1. The van der Waals surface area contributed by atoms with Gasteiger partial charge in [0.15, 0.2) is 17.0 Å². The minimum atomic E-state index is -4.84. The van der Waals surface area contributed by atoms with Crippen LogP contribution in [-0.4, -0.2) is 79.1 Å². The molecule has 21 heteroatoms. The molecule has 1 saturated heterocycles. The zero-order valence-electron chi connectivity index (χ0n) is 14.8. The van der Waals surface area contributed by atoms with Crippen LogP contribution < -0.4 is 0 Å². The summed E-state index contributed by atoms with van der Waals surface area (Å²) in [5.41, 5.74) is 0.482. The van der Waals surface area contributed by atoms with Gasteiger partial charge in [-0.15, -0.1) is 4.89 Å². The van der Waals surface area contributed by atoms with E-state index in [1.807, 2.05) is 0 Å². The van der Waals surface area contributed by atoms with Crippen LogP contribution in [0.3, 0.4) is 0 Å². The molecule has 0 aromatic carbocycles. The first-order valence-electron chi connectivity index (χ1n) is 7.65. The van der Waals surface area contributed by atoms with Crippen molar-refractivity contribution in [3.8, 4) is 0 Å². The average molecular weight is 528 g/mol. The number of phosphoric ester groups is 1. The van der Waals surface area contributed by atoms with E-state index in [4.69, 9.17) is 40.5 Å². The molecule has 2 aromatic rings. The number of rotatable bonds is 6. The molecule has 6 atom stereocenters. The van der Waals surface area contributed by atoms with Gasteiger partial charge in [-0.1, -0.05) is 11.6 Å². The molecule has 1 aliphatic heterocycles. The molecular weight excluding hydrogens is 513 g/mol.